The van der Waals surface area contributed by atoms with Crippen molar-refractivity contribution in [1.29, 1.82) is 10.2 Å². The van der Waals surface area contributed by atoms with E-state index in [9.17, 15) is 27.4 Å². The minimum atomic E-state index is -3.19. The maximum absolute atomic E-state index is 14.9. The lowest BCUT2D eigenvalue weighted by atomic mass is 10.0. The second-order valence-corrected chi connectivity index (χ2v) is 14.2. The summed E-state index contributed by atoms with van der Waals surface area (Å²) in [5, 5.41) is 13.9. The molecule has 0 bridgehead atoms. The molecule has 4 atom stereocenters. The minimum Gasteiger partial charge on any atom is -0.384 e. The normalized spacial score (nSPS) is 20.4. The number of benzene rings is 2. The van der Waals surface area contributed by atoms with E-state index in [1.54, 1.807) is 30.5 Å². The van der Waals surface area contributed by atoms with Crippen LogP contribution in [0.25, 0.3) is 11.1 Å². The van der Waals surface area contributed by atoms with Gasteiger partial charge in [-0.15, -0.1) is 11.3 Å². The Balaban J connectivity index is 1.29. The monoisotopic (exact) mass is 628 g/mol. The maximum Gasteiger partial charge on any atom is 0.299 e. The molecule has 1 aliphatic carbocycles. The number of carbonyl (C=O) groups excluding carboxylic acids is 3. The van der Waals surface area contributed by atoms with Crippen LogP contribution in [-0.4, -0.2) is 63.3 Å². The molecule has 0 radical (unpaired) electrons. The van der Waals surface area contributed by atoms with Gasteiger partial charge in [-0.1, -0.05) is 30.3 Å². The molecule has 10 nitrogen and oxygen atoms in total. The summed E-state index contributed by atoms with van der Waals surface area (Å²) >= 11 is 1.31. The van der Waals surface area contributed by atoms with E-state index in [2.05, 4.69) is 10.6 Å². The molecule has 2 aliphatic rings. The van der Waals surface area contributed by atoms with Crippen LogP contribution in [0, 0.1) is 10.2 Å². The van der Waals surface area contributed by atoms with Gasteiger partial charge in [-0.2, -0.15) is 8.78 Å². The fraction of sp³-hybridized carbons (Fsp3) is 0.310. The molecule has 226 valence electrons. The fourth-order valence-electron chi connectivity index (χ4n) is 5.43. The van der Waals surface area contributed by atoms with E-state index in [0.717, 1.165) is 4.88 Å². The number of nitrogens with zero attached hydrogens (tertiary/aromatic N) is 1. The number of carbonyl (C=O) groups is 3. The molecule has 1 fully saturated rings. The summed E-state index contributed by atoms with van der Waals surface area (Å²) in [6.07, 6.45) is 1.27. The van der Waals surface area contributed by atoms with Gasteiger partial charge in [0.05, 0.1) is 17.8 Å². The standard InChI is InChI=1S/C29H30F2N6O4S2/c1-15(24-10-17(14-42-24)26(32)33)36-28(40)23-11-18(43(2,34)41)13-37(23)25(38)12-35-27(39)16-7-8-22-20(9-16)19-5-3-4-6-21(19)29(22,30)31/h3-10,14-15,18,23,34H,11-13H2,1-2H3,(H3,32,33)(H,35,39)(H,36,40)/t15-,18-,23+,43?/m1/s1. The Morgan fingerprint density at radius 2 is 1.84 bits per heavy atom. The lowest BCUT2D eigenvalue weighted by molar-refractivity contribution is -0.137. The van der Waals surface area contributed by atoms with Crippen LogP contribution in [0.15, 0.2) is 53.9 Å². The molecule has 1 aromatic heterocycles. The number of nitrogens with two attached hydrogens (primary N) is 1. The molecular weight excluding hydrogens is 598 g/mol. The number of likely N-dealkylation sites (tertiary alicyclic amines) is 1. The first-order chi connectivity index (χ1) is 20.2. The molecule has 1 aliphatic heterocycles. The van der Waals surface area contributed by atoms with Crippen molar-refractivity contribution in [3.05, 3.63) is 81.0 Å². The van der Waals surface area contributed by atoms with Crippen LogP contribution in [0.5, 0.6) is 0 Å². The Morgan fingerprint density at radius 1 is 1.14 bits per heavy atom. The molecule has 0 spiro atoms. The van der Waals surface area contributed by atoms with Gasteiger partial charge in [0.15, 0.2) is 0 Å². The molecule has 43 heavy (non-hydrogen) atoms. The quantitative estimate of drug-likeness (QED) is 0.190. The van der Waals surface area contributed by atoms with Crippen molar-refractivity contribution in [2.75, 3.05) is 19.3 Å². The third kappa shape index (κ3) is 5.76. The number of fused-ring (bicyclic) bond motifs is 3. The third-order valence-electron chi connectivity index (χ3n) is 7.81. The maximum atomic E-state index is 14.9. The Hall–Kier alpha value is -4.17. The van der Waals surface area contributed by atoms with Crippen molar-refractivity contribution < 1.29 is 27.4 Å². The number of thiophene rings is 1. The summed E-state index contributed by atoms with van der Waals surface area (Å²) in [5.74, 6) is -5.07. The van der Waals surface area contributed by atoms with Gasteiger partial charge in [0.2, 0.25) is 11.8 Å². The van der Waals surface area contributed by atoms with Gasteiger partial charge in [0.1, 0.15) is 11.9 Å². The van der Waals surface area contributed by atoms with E-state index in [1.807, 2.05) is 0 Å². The van der Waals surface area contributed by atoms with Crippen LogP contribution in [0.2, 0.25) is 0 Å². The smallest absolute Gasteiger partial charge is 0.299 e. The molecule has 2 heterocycles. The Bertz CT molecular complexity index is 1760. The van der Waals surface area contributed by atoms with Crippen molar-refractivity contribution in [3.63, 3.8) is 0 Å². The van der Waals surface area contributed by atoms with Crippen LogP contribution in [0.3, 0.4) is 0 Å². The average molecular weight is 629 g/mol. The molecule has 5 rings (SSSR count). The number of nitrogens with one attached hydrogen (secondary N) is 4. The zero-order chi connectivity index (χ0) is 31.3. The van der Waals surface area contributed by atoms with Crippen LogP contribution in [-0.2, 0) is 25.2 Å². The van der Waals surface area contributed by atoms with E-state index in [1.165, 1.54) is 52.8 Å². The van der Waals surface area contributed by atoms with Crippen molar-refractivity contribution in [2.24, 2.45) is 5.73 Å². The molecule has 1 unspecified atom stereocenters. The first kappa shape index (κ1) is 30.3. The molecule has 3 amide bonds. The summed E-state index contributed by atoms with van der Waals surface area (Å²) in [5.41, 5.74) is 6.37. The first-order valence-corrected chi connectivity index (χ1v) is 16.2. The van der Waals surface area contributed by atoms with Gasteiger partial charge in [-0.05, 0) is 42.7 Å². The van der Waals surface area contributed by atoms with Crippen molar-refractivity contribution >= 4 is 44.6 Å². The fourth-order valence-corrected chi connectivity index (χ4v) is 7.34. The van der Waals surface area contributed by atoms with Gasteiger partial charge < -0.3 is 21.3 Å². The molecule has 0 saturated carbocycles. The van der Waals surface area contributed by atoms with Crippen LogP contribution in [0.4, 0.5) is 8.78 Å². The summed E-state index contributed by atoms with van der Waals surface area (Å²) in [6.45, 7) is 1.15. The Kier molecular flexibility index (Phi) is 7.86. The number of halogens is 2. The number of amidine groups is 1. The number of amides is 3. The second kappa shape index (κ2) is 11.2. The minimum absolute atomic E-state index is 0.0126. The Labute approximate surface area is 251 Å². The number of nitrogen functional groups attached to an aromatic ring is 1. The van der Waals surface area contributed by atoms with Crippen molar-refractivity contribution in [1.82, 2.24) is 15.5 Å². The molecular formula is C29H30F2N6O4S2. The third-order valence-corrected chi connectivity index (χ3v) is 10.5. The highest BCUT2D eigenvalue weighted by molar-refractivity contribution is 7.92. The van der Waals surface area contributed by atoms with E-state index in [-0.39, 0.29) is 41.1 Å². The molecule has 6 N–H and O–H groups in total. The van der Waals surface area contributed by atoms with E-state index in [0.29, 0.717) is 11.1 Å². The largest absolute Gasteiger partial charge is 0.384 e. The number of rotatable bonds is 8. The summed E-state index contributed by atoms with van der Waals surface area (Å²) < 4.78 is 50.4. The lowest BCUT2D eigenvalue weighted by Crippen LogP contribution is -2.49. The van der Waals surface area contributed by atoms with Crippen LogP contribution in [0.1, 0.15) is 51.3 Å². The highest BCUT2D eigenvalue weighted by Crippen LogP contribution is 2.50. The zero-order valence-electron chi connectivity index (χ0n) is 23.3. The van der Waals surface area contributed by atoms with E-state index >= 15 is 0 Å². The summed E-state index contributed by atoms with van der Waals surface area (Å²) in [7, 11) is -3.09. The zero-order valence-corrected chi connectivity index (χ0v) is 24.9. The SMILES string of the molecule is C[C@@H](NC(=O)[C@@H]1C[C@@H](S(C)(=N)=O)CN1C(=O)CNC(=O)c1ccc2c(c1)-c1ccccc1C2(F)F)c1cc(C(=N)N)cs1. The Morgan fingerprint density at radius 3 is 2.51 bits per heavy atom. The van der Waals surface area contributed by atoms with Crippen molar-refractivity contribution in [2.45, 2.75) is 36.6 Å². The van der Waals surface area contributed by atoms with E-state index in [4.69, 9.17) is 15.9 Å². The summed E-state index contributed by atoms with van der Waals surface area (Å²) in [4.78, 5) is 41.5. The number of hydrogen-bond acceptors (Lipinski definition) is 7. The van der Waals surface area contributed by atoms with E-state index < -0.39 is 57.3 Å². The van der Waals surface area contributed by atoms with Crippen LogP contribution < -0.4 is 16.4 Å². The predicted molar refractivity (Wildman–Crippen MR) is 160 cm³/mol. The topological polar surface area (TPSA) is 169 Å². The van der Waals surface area contributed by atoms with Crippen molar-refractivity contribution in [3.8, 4) is 11.1 Å². The van der Waals surface area contributed by atoms with Gasteiger partial charge in [-0.3, -0.25) is 24.6 Å². The molecule has 2 aromatic carbocycles. The van der Waals surface area contributed by atoms with Gasteiger partial charge in [-0.25, -0.2) is 4.21 Å². The van der Waals surface area contributed by atoms with Gasteiger partial charge >= 0.3 is 0 Å². The average Bonchev–Trinajstić information content (AvgIpc) is 3.68. The molecule has 1 saturated heterocycles. The highest BCUT2D eigenvalue weighted by Gasteiger charge is 2.45. The predicted octanol–water partition coefficient (Wildman–Crippen LogP) is 3.41. The summed E-state index contributed by atoms with van der Waals surface area (Å²) in [6, 6.07) is 10.1. The number of hydrogen-bond donors (Lipinski definition) is 5. The number of alkyl halides is 2. The first-order valence-electron chi connectivity index (χ1n) is 13.3. The van der Waals surface area contributed by atoms with Gasteiger partial charge in [0, 0.05) is 55.0 Å². The molecule has 14 heteroatoms. The van der Waals surface area contributed by atoms with Gasteiger partial charge in [0.25, 0.3) is 11.8 Å². The highest BCUT2D eigenvalue weighted by atomic mass is 32.2. The van der Waals surface area contributed by atoms with Crippen LogP contribution >= 0.6 is 11.3 Å². The lowest BCUT2D eigenvalue weighted by Gasteiger charge is -2.25. The molecule has 3 aromatic rings. The second-order valence-electron chi connectivity index (χ2n) is 10.8.